The molecule has 0 saturated heterocycles. The van der Waals surface area contributed by atoms with Crippen molar-refractivity contribution in [3.8, 4) is 0 Å². The normalized spacial score (nSPS) is 9.86. The molecule has 7 heavy (non-hydrogen) atoms. The molecule has 0 atom stereocenters. The molecule has 0 aromatic carbocycles. The van der Waals surface area contributed by atoms with Crippen LogP contribution in [0.25, 0.3) is 0 Å². The fourth-order valence-corrected chi connectivity index (χ4v) is 8.49. The molecule has 0 radical (unpaired) electrons. The quantitative estimate of drug-likeness (QED) is 0.580. The molecule has 0 spiro atoms. The van der Waals surface area contributed by atoms with Crippen LogP contribution in [0.15, 0.2) is 0 Å². The van der Waals surface area contributed by atoms with Gasteiger partial charge in [-0.05, 0) is 0 Å². The van der Waals surface area contributed by atoms with Gasteiger partial charge in [-0.15, -0.1) is 0 Å². The van der Waals surface area contributed by atoms with Gasteiger partial charge < -0.3 is 0 Å². The maximum absolute atomic E-state index is 2.41. The van der Waals surface area contributed by atoms with Crippen LogP contribution >= 0.6 is 9.70 Å². The predicted molar refractivity (Wildman–Crippen MR) is 40.2 cm³/mol. The van der Waals surface area contributed by atoms with Crippen LogP contribution in [0.4, 0.5) is 0 Å². The Hall–Kier alpha value is 0.986. The minimum absolute atomic E-state index is 0.698. The summed E-state index contributed by atoms with van der Waals surface area (Å²) in [5, 5.41) is 0.875. The zero-order valence-electron chi connectivity index (χ0n) is 5.56. The molecule has 0 unspecified atom stereocenters. The average Bonchev–Trinajstić information content (AvgIpc) is 1.27. The molecule has 42 valence electrons. The molecule has 0 aliphatic heterocycles. The Bertz CT molecular complexity index is 37.3. The van der Waals surface area contributed by atoms with E-state index in [0.29, 0.717) is 0 Å². The van der Waals surface area contributed by atoms with Gasteiger partial charge in [-0.25, -0.2) is 0 Å². The summed E-state index contributed by atoms with van der Waals surface area (Å²) in [5.41, 5.74) is 4.83. The molecule has 0 fully saturated rings. The van der Waals surface area contributed by atoms with Crippen molar-refractivity contribution in [2.75, 3.05) is 0 Å². The Morgan fingerprint density at radius 1 is 1.29 bits per heavy atom. The standard InChI is InChI=1S/C3H8S.2CH3.Ga/c1-3(2)4;;;/h3-4H,1-2H3;2*1H3;/q;;;+1/p-1. The molecule has 0 aromatic heterocycles. The van der Waals surface area contributed by atoms with Gasteiger partial charge in [0, 0.05) is 0 Å². The van der Waals surface area contributed by atoms with E-state index in [1.807, 2.05) is 0 Å². The Morgan fingerprint density at radius 2 is 1.71 bits per heavy atom. The molecule has 0 amide bonds. The maximum atomic E-state index is 2.41. The Labute approximate surface area is 54.9 Å². The number of hydrogen-bond acceptors (Lipinski definition) is 1. The van der Waals surface area contributed by atoms with Crippen LogP contribution in [-0.4, -0.2) is 20.2 Å². The van der Waals surface area contributed by atoms with Crippen molar-refractivity contribution >= 4 is 24.7 Å². The number of rotatable bonds is 2. The molecule has 0 bridgehead atoms. The van der Waals surface area contributed by atoms with E-state index >= 15 is 0 Å². The van der Waals surface area contributed by atoms with Crippen molar-refractivity contribution in [2.45, 2.75) is 30.1 Å². The van der Waals surface area contributed by atoms with E-state index in [4.69, 9.17) is 0 Å². The average molecular weight is 175 g/mol. The molecule has 0 saturated carbocycles. The predicted octanol–water partition coefficient (Wildman–Crippen LogP) is 2.38. The zero-order valence-corrected chi connectivity index (χ0v) is 8.80. The second-order valence-corrected chi connectivity index (χ2v) is 14.5. The summed E-state index contributed by atoms with van der Waals surface area (Å²) in [4.78, 5) is 0. The van der Waals surface area contributed by atoms with E-state index < -0.39 is 15.0 Å². The number of hydrogen-bond donors (Lipinski definition) is 0. The van der Waals surface area contributed by atoms with E-state index in [9.17, 15) is 0 Å². The van der Waals surface area contributed by atoms with Crippen molar-refractivity contribution in [2.24, 2.45) is 0 Å². The summed E-state index contributed by atoms with van der Waals surface area (Å²) in [6, 6.07) is 0. The van der Waals surface area contributed by atoms with Gasteiger partial charge >= 0.3 is 54.7 Å². The third kappa shape index (κ3) is 6.99. The molecule has 0 heterocycles. The first-order chi connectivity index (χ1) is 3.13. The Morgan fingerprint density at radius 3 is 1.71 bits per heavy atom. The van der Waals surface area contributed by atoms with Crippen molar-refractivity contribution in [1.29, 1.82) is 0 Å². The monoisotopic (exact) mass is 174 g/mol. The van der Waals surface area contributed by atoms with Crippen LogP contribution in [0.3, 0.4) is 0 Å². The molecule has 0 N–H and O–H groups in total. The van der Waals surface area contributed by atoms with Gasteiger partial charge in [0.2, 0.25) is 0 Å². The molecule has 2 heteroatoms. The summed E-state index contributed by atoms with van der Waals surface area (Å²) in [7, 11) is 2.20. The molecule has 0 rings (SSSR count). The van der Waals surface area contributed by atoms with E-state index in [2.05, 4.69) is 34.5 Å². The first kappa shape index (κ1) is 7.99. The van der Waals surface area contributed by atoms with Crippen LogP contribution in [0.5, 0.6) is 0 Å². The van der Waals surface area contributed by atoms with E-state index in [1.54, 1.807) is 0 Å². The second-order valence-electron chi connectivity index (χ2n) is 2.23. The van der Waals surface area contributed by atoms with Gasteiger partial charge in [-0.3, -0.25) is 0 Å². The van der Waals surface area contributed by atoms with Crippen molar-refractivity contribution in [3.05, 3.63) is 0 Å². The van der Waals surface area contributed by atoms with E-state index in [-0.39, 0.29) is 0 Å². The van der Waals surface area contributed by atoms with Crippen LogP contribution in [0.1, 0.15) is 13.8 Å². The van der Waals surface area contributed by atoms with Gasteiger partial charge in [0.1, 0.15) is 0 Å². The molecule has 0 aromatic rings. The molecular weight excluding hydrogens is 162 g/mol. The van der Waals surface area contributed by atoms with Crippen molar-refractivity contribution < 1.29 is 0 Å². The minimum atomic E-state index is -0.698. The van der Waals surface area contributed by atoms with Crippen LogP contribution in [-0.2, 0) is 0 Å². The summed E-state index contributed by atoms with van der Waals surface area (Å²) >= 11 is -0.698. The van der Waals surface area contributed by atoms with Crippen molar-refractivity contribution in [3.63, 3.8) is 0 Å². The molecular formula is C5H13GaS. The zero-order chi connectivity index (χ0) is 5.86. The fourth-order valence-electron chi connectivity index (χ4n) is 0.544. The van der Waals surface area contributed by atoms with Gasteiger partial charge in [-0.1, -0.05) is 0 Å². The van der Waals surface area contributed by atoms with Crippen LogP contribution in [0, 0.1) is 0 Å². The van der Waals surface area contributed by atoms with Crippen LogP contribution < -0.4 is 0 Å². The third-order valence-electron chi connectivity index (χ3n) is 0.544. The van der Waals surface area contributed by atoms with Crippen LogP contribution in [0.2, 0.25) is 11.0 Å². The molecule has 0 aliphatic carbocycles. The summed E-state index contributed by atoms with van der Waals surface area (Å²) < 4.78 is 0. The van der Waals surface area contributed by atoms with Gasteiger partial charge in [0.25, 0.3) is 0 Å². The fraction of sp³-hybridized carbons (Fsp3) is 1.00. The van der Waals surface area contributed by atoms with Gasteiger partial charge in [-0.2, -0.15) is 0 Å². The summed E-state index contributed by atoms with van der Waals surface area (Å²) in [5.74, 6) is 0. The third-order valence-corrected chi connectivity index (χ3v) is 8.49. The van der Waals surface area contributed by atoms with Crippen molar-refractivity contribution in [1.82, 2.24) is 0 Å². The first-order valence-electron chi connectivity index (χ1n) is 2.78. The van der Waals surface area contributed by atoms with E-state index in [0.717, 1.165) is 5.25 Å². The SMILES string of the molecule is CC(C)[S][Ga]([CH3])[CH3]. The second kappa shape index (κ2) is 3.93. The Kier molecular flexibility index (Phi) is 4.48. The topological polar surface area (TPSA) is 0 Å². The van der Waals surface area contributed by atoms with E-state index in [1.165, 1.54) is 0 Å². The molecule has 0 aliphatic rings. The van der Waals surface area contributed by atoms with Gasteiger partial charge in [0.05, 0.1) is 0 Å². The molecule has 0 nitrogen and oxygen atoms in total. The Balaban J connectivity index is 2.95. The summed E-state index contributed by atoms with van der Waals surface area (Å²) in [6.45, 7) is 4.55. The van der Waals surface area contributed by atoms with Gasteiger partial charge in [0.15, 0.2) is 0 Å². The summed E-state index contributed by atoms with van der Waals surface area (Å²) in [6.07, 6.45) is 0. The first-order valence-corrected chi connectivity index (χ1v) is 11.5.